The van der Waals surface area contributed by atoms with Gasteiger partial charge in [0.2, 0.25) is 0 Å². The van der Waals surface area contributed by atoms with Gasteiger partial charge in [-0.1, -0.05) is 48.5 Å². The summed E-state index contributed by atoms with van der Waals surface area (Å²) < 4.78 is 48.1. The zero-order chi connectivity index (χ0) is 23.8. The van der Waals surface area contributed by atoms with Crippen molar-refractivity contribution in [3.05, 3.63) is 93.6 Å². The number of aliphatic carboxylic acids is 1. The first-order chi connectivity index (χ1) is 15.7. The first-order valence-electron chi connectivity index (χ1n) is 9.60. The molecule has 0 aliphatic carbocycles. The molecule has 0 saturated carbocycles. The Kier molecular flexibility index (Phi) is 8.67. The molecule has 0 unspecified atom stereocenters. The van der Waals surface area contributed by atoms with E-state index in [9.17, 15) is 18.0 Å². The van der Waals surface area contributed by atoms with E-state index in [0.717, 1.165) is 19.6 Å². The molecule has 33 heavy (non-hydrogen) atoms. The van der Waals surface area contributed by atoms with Crippen molar-refractivity contribution in [2.75, 3.05) is 12.4 Å². The van der Waals surface area contributed by atoms with Crippen LogP contribution >= 0.6 is 34.4 Å². The number of carbonyl (C=O) groups is 1. The summed E-state index contributed by atoms with van der Waals surface area (Å²) in [7, 11) is 0. The molecule has 0 amide bonds. The number of rotatable bonds is 9. The Balaban J connectivity index is 1.80. The van der Waals surface area contributed by atoms with E-state index >= 15 is 0 Å². The van der Waals surface area contributed by atoms with E-state index in [-0.39, 0.29) is 5.75 Å². The lowest BCUT2D eigenvalue weighted by molar-refractivity contribution is -0.274. The Bertz CT molecular complexity index is 1130. The molecule has 3 aromatic rings. The van der Waals surface area contributed by atoms with Crippen LogP contribution in [0.25, 0.3) is 5.57 Å². The van der Waals surface area contributed by atoms with E-state index in [1.165, 1.54) is 30.0 Å². The van der Waals surface area contributed by atoms with Crippen LogP contribution in [0.2, 0.25) is 0 Å². The third-order valence-electron chi connectivity index (χ3n) is 4.26. The van der Waals surface area contributed by atoms with Crippen molar-refractivity contribution in [1.82, 2.24) is 0 Å². The van der Waals surface area contributed by atoms with Gasteiger partial charge in [0.15, 0.2) is 6.61 Å². The van der Waals surface area contributed by atoms with Crippen LogP contribution in [-0.2, 0) is 4.79 Å². The minimum Gasteiger partial charge on any atom is -0.481 e. The number of thioether (sulfide) groups is 1. The molecule has 3 rings (SSSR count). The number of ether oxygens (including phenoxy) is 2. The van der Waals surface area contributed by atoms with Crippen LogP contribution in [-0.4, -0.2) is 29.8 Å². The molecule has 4 nitrogen and oxygen atoms in total. The number of carboxylic acid groups (broad SMARTS) is 1. The second-order valence-electron chi connectivity index (χ2n) is 6.65. The topological polar surface area (TPSA) is 55.8 Å². The van der Waals surface area contributed by atoms with Gasteiger partial charge >= 0.3 is 12.3 Å². The maximum absolute atomic E-state index is 12.7. The van der Waals surface area contributed by atoms with E-state index in [2.05, 4.69) is 27.3 Å². The SMILES string of the molecule is O=C(O)COc1ccc(SCC=C(c2ccccc2)c2cccc(OC(F)(F)F)c2)cc1I. The molecule has 0 bridgehead atoms. The molecule has 0 aromatic heterocycles. The van der Waals surface area contributed by atoms with Crippen LogP contribution in [0.15, 0.2) is 83.8 Å². The first-order valence-corrected chi connectivity index (χ1v) is 11.7. The largest absolute Gasteiger partial charge is 0.573 e. The summed E-state index contributed by atoms with van der Waals surface area (Å²) in [6, 6.07) is 20.7. The first kappa shape index (κ1) is 25.0. The van der Waals surface area contributed by atoms with Gasteiger partial charge in [-0.2, -0.15) is 0 Å². The summed E-state index contributed by atoms with van der Waals surface area (Å²) in [4.78, 5) is 11.6. The molecule has 0 aliphatic heterocycles. The summed E-state index contributed by atoms with van der Waals surface area (Å²) in [6.07, 6.45) is -2.81. The van der Waals surface area contributed by atoms with Crippen LogP contribution in [0.3, 0.4) is 0 Å². The highest BCUT2D eigenvalue weighted by atomic mass is 127. The van der Waals surface area contributed by atoms with Crippen molar-refractivity contribution in [3.8, 4) is 11.5 Å². The second-order valence-corrected chi connectivity index (χ2v) is 8.90. The third-order valence-corrected chi connectivity index (χ3v) is 6.02. The monoisotopic (exact) mass is 586 g/mol. The van der Waals surface area contributed by atoms with Gasteiger partial charge in [0.1, 0.15) is 11.5 Å². The Labute approximate surface area is 206 Å². The molecule has 172 valence electrons. The van der Waals surface area contributed by atoms with Gasteiger partial charge in [0.25, 0.3) is 0 Å². The Morgan fingerprint density at radius 2 is 1.73 bits per heavy atom. The number of benzene rings is 3. The lowest BCUT2D eigenvalue weighted by atomic mass is 9.98. The van der Waals surface area contributed by atoms with Gasteiger partial charge < -0.3 is 14.6 Å². The maximum Gasteiger partial charge on any atom is 0.573 e. The van der Waals surface area contributed by atoms with Crippen LogP contribution in [0, 0.1) is 3.57 Å². The standard InChI is InChI=1S/C24H18F3IO4S/c25-24(26,27)32-18-8-4-7-17(13-18)20(16-5-2-1-3-6-16)11-12-33-19-9-10-22(21(28)14-19)31-15-23(29)30/h1-11,13-14H,12,15H2,(H,29,30). The summed E-state index contributed by atoms with van der Waals surface area (Å²) in [5, 5.41) is 8.75. The lowest BCUT2D eigenvalue weighted by Gasteiger charge is -2.13. The van der Waals surface area contributed by atoms with Gasteiger partial charge in [0, 0.05) is 10.6 Å². The van der Waals surface area contributed by atoms with E-state index < -0.39 is 18.9 Å². The normalized spacial score (nSPS) is 11.8. The smallest absolute Gasteiger partial charge is 0.481 e. The summed E-state index contributed by atoms with van der Waals surface area (Å²) in [5.41, 5.74) is 2.26. The Morgan fingerprint density at radius 3 is 2.39 bits per heavy atom. The summed E-state index contributed by atoms with van der Waals surface area (Å²) in [5.74, 6) is -0.280. The van der Waals surface area contributed by atoms with Crippen molar-refractivity contribution in [3.63, 3.8) is 0 Å². The molecule has 9 heteroatoms. The van der Waals surface area contributed by atoms with Gasteiger partial charge in [0.05, 0.1) is 3.57 Å². The maximum atomic E-state index is 12.7. The Hall–Kier alpha value is -2.66. The van der Waals surface area contributed by atoms with Crippen molar-refractivity contribution >= 4 is 45.9 Å². The number of halogens is 4. The van der Waals surface area contributed by atoms with Crippen LogP contribution in [0.5, 0.6) is 11.5 Å². The molecule has 1 N–H and O–H groups in total. The summed E-state index contributed by atoms with van der Waals surface area (Å²) >= 11 is 3.61. The van der Waals surface area contributed by atoms with E-state index in [4.69, 9.17) is 9.84 Å². The van der Waals surface area contributed by atoms with Crippen molar-refractivity contribution < 1.29 is 32.5 Å². The van der Waals surface area contributed by atoms with Crippen molar-refractivity contribution in [2.45, 2.75) is 11.3 Å². The highest BCUT2D eigenvalue weighted by Gasteiger charge is 2.31. The average molecular weight is 586 g/mol. The predicted molar refractivity (Wildman–Crippen MR) is 130 cm³/mol. The number of alkyl halides is 3. The van der Waals surface area contributed by atoms with Crippen LogP contribution < -0.4 is 9.47 Å². The predicted octanol–water partition coefficient (Wildman–Crippen LogP) is 6.88. The molecule has 0 aliphatic rings. The van der Waals surface area contributed by atoms with Gasteiger partial charge in [-0.25, -0.2) is 4.79 Å². The highest BCUT2D eigenvalue weighted by Crippen LogP contribution is 2.31. The fourth-order valence-electron chi connectivity index (χ4n) is 2.93. The van der Waals surface area contributed by atoms with Gasteiger partial charge in [-0.05, 0) is 69.6 Å². The van der Waals surface area contributed by atoms with E-state index in [0.29, 0.717) is 17.1 Å². The van der Waals surface area contributed by atoms with Crippen molar-refractivity contribution in [1.29, 1.82) is 0 Å². The molecule has 0 saturated heterocycles. The van der Waals surface area contributed by atoms with E-state index in [1.54, 1.807) is 12.1 Å². The molecule has 0 atom stereocenters. The van der Waals surface area contributed by atoms with Crippen LogP contribution in [0.1, 0.15) is 11.1 Å². The van der Waals surface area contributed by atoms with E-state index in [1.807, 2.05) is 48.5 Å². The fourth-order valence-corrected chi connectivity index (χ4v) is 4.62. The molecule has 0 heterocycles. The van der Waals surface area contributed by atoms with Gasteiger partial charge in [-0.15, -0.1) is 24.9 Å². The zero-order valence-corrected chi connectivity index (χ0v) is 20.0. The summed E-state index contributed by atoms with van der Waals surface area (Å²) in [6.45, 7) is -0.414. The average Bonchev–Trinajstić information content (AvgIpc) is 2.75. The molecule has 3 aromatic carbocycles. The fraction of sp³-hybridized carbons (Fsp3) is 0.125. The third kappa shape index (κ3) is 8.01. The lowest BCUT2D eigenvalue weighted by Crippen LogP contribution is -2.17. The minimum absolute atomic E-state index is 0.277. The second kappa shape index (κ2) is 11.5. The molecule has 0 fully saturated rings. The van der Waals surface area contributed by atoms with Crippen molar-refractivity contribution in [2.24, 2.45) is 0 Å². The van der Waals surface area contributed by atoms with Gasteiger partial charge in [-0.3, -0.25) is 0 Å². The van der Waals surface area contributed by atoms with Crippen LogP contribution in [0.4, 0.5) is 13.2 Å². The number of carboxylic acids is 1. The molecule has 0 spiro atoms. The molecular weight excluding hydrogens is 568 g/mol. The number of hydrogen-bond acceptors (Lipinski definition) is 4. The zero-order valence-electron chi connectivity index (χ0n) is 17.0. The number of hydrogen-bond donors (Lipinski definition) is 1. The molecule has 0 radical (unpaired) electrons. The Morgan fingerprint density at radius 1 is 1.00 bits per heavy atom. The quantitative estimate of drug-likeness (QED) is 0.219. The minimum atomic E-state index is -4.76. The highest BCUT2D eigenvalue weighted by molar-refractivity contribution is 14.1. The molecular formula is C24H18F3IO4S.